The van der Waals surface area contributed by atoms with E-state index in [2.05, 4.69) is 24.3 Å². The van der Waals surface area contributed by atoms with Crippen molar-refractivity contribution in [3.8, 4) is 0 Å². The van der Waals surface area contributed by atoms with Crippen molar-refractivity contribution in [3.63, 3.8) is 0 Å². The summed E-state index contributed by atoms with van der Waals surface area (Å²) in [6.45, 7) is 5.13. The molecule has 5 rings (SSSR count). The number of rotatable bonds is 8. The number of urea groups is 1. The van der Waals surface area contributed by atoms with Gasteiger partial charge in [0, 0.05) is 56.9 Å². The van der Waals surface area contributed by atoms with E-state index in [1.165, 1.54) is 0 Å². The normalized spacial score (nSPS) is 18.9. The predicted molar refractivity (Wildman–Crippen MR) is 171 cm³/mol. The summed E-state index contributed by atoms with van der Waals surface area (Å²) in [4.78, 5) is 48.4. The number of fused-ring (bicyclic) bond motifs is 1. The number of carbonyl (C=O) groups is 3. The van der Waals surface area contributed by atoms with Crippen LogP contribution in [0.1, 0.15) is 55.7 Å². The minimum atomic E-state index is -0.477. The number of nitrogens with two attached hydrogens (primary N) is 1. The zero-order valence-electron chi connectivity index (χ0n) is 25.7. The van der Waals surface area contributed by atoms with Gasteiger partial charge in [-0.05, 0) is 81.4 Å². The zero-order valence-corrected chi connectivity index (χ0v) is 26.4. The molecule has 2 saturated heterocycles. The van der Waals surface area contributed by atoms with Gasteiger partial charge >= 0.3 is 6.03 Å². The van der Waals surface area contributed by atoms with Crippen LogP contribution in [0, 0.1) is 5.92 Å². The molecule has 2 aromatic rings. The Balaban J connectivity index is 1.25. The van der Waals surface area contributed by atoms with E-state index in [1.54, 1.807) is 0 Å². The van der Waals surface area contributed by atoms with Gasteiger partial charge in [0.25, 0.3) is 0 Å². The van der Waals surface area contributed by atoms with E-state index in [1.807, 2.05) is 58.0 Å². The molecule has 0 unspecified atom stereocenters. The third-order valence-corrected chi connectivity index (χ3v) is 9.85. The summed E-state index contributed by atoms with van der Waals surface area (Å²) in [7, 11) is 4.17. The van der Waals surface area contributed by atoms with Crippen molar-refractivity contribution in [3.05, 3.63) is 58.1 Å². The Bertz CT molecular complexity index is 1330. The second-order valence-corrected chi connectivity index (χ2v) is 12.9. The summed E-state index contributed by atoms with van der Waals surface area (Å²) in [5.74, 6) is -0.448. The van der Waals surface area contributed by atoms with Gasteiger partial charge < -0.3 is 30.7 Å². The van der Waals surface area contributed by atoms with E-state index in [-0.39, 0.29) is 30.3 Å². The Morgan fingerprint density at radius 3 is 2.40 bits per heavy atom. The second kappa shape index (κ2) is 13.6. The number of nitrogens with one attached hydrogen (secondary N) is 1. The quantitative estimate of drug-likeness (QED) is 0.426. The topological polar surface area (TPSA) is 102 Å². The fraction of sp³-hybridized carbons (Fsp3) is 0.545. The maximum absolute atomic E-state index is 13.9. The number of nitrogens with zero attached hydrogens (tertiary/aromatic N) is 4. The molecule has 2 aromatic carbocycles. The van der Waals surface area contributed by atoms with E-state index in [0.29, 0.717) is 68.7 Å². The van der Waals surface area contributed by atoms with Crippen molar-refractivity contribution < 1.29 is 14.4 Å². The molecule has 10 heteroatoms. The smallest absolute Gasteiger partial charge is 0.322 e. The minimum Gasteiger partial charge on any atom is -0.397 e. The zero-order chi connectivity index (χ0) is 30.7. The first-order chi connectivity index (χ1) is 20.6. The van der Waals surface area contributed by atoms with Crippen LogP contribution in [0.3, 0.4) is 0 Å². The number of benzene rings is 2. The van der Waals surface area contributed by atoms with Crippen LogP contribution >= 0.6 is 11.6 Å². The fourth-order valence-electron chi connectivity index (χ4n) is 6.82. The number of nitrogen functional groups attached to an aromatic ring is 1. The number of likely N-dealkylation sites (tertiary alicyclic amines) is 2. The third kappa shape index (κ3) is 7.10. The van der Waals surface area contributed by atoms with Crippen LogP contribution in [0.15, 0.2) is 36.4 Å². The van der Waals surface area contributed by atoms with Gasteiger partial charge in [-0.15, -0.1) is 0 Å². The number of para-hydroxylation sites is 1. The fourth-order valence-corrected chi connectivity index (χ4v) is 7.09. The molecule has 3 aliphatic rings. The molecule has 0 bridgehead atoms. The average Bonchev–Trinajstić information content (AvgIpc) is 3.01. The molecule has 0 aliphatic carbocycles. The molecule has 9 nitrogen and oxygen atoms in total. The van der Waals surface area contributed by atoms with Crippen LogP contribution in [-0.4, -0.2) is 89.8 Å². The standard InChI is InChI=1S/C33H45ClN6O3/c1-4-23-17-22(19-28(34)31(23)35)18-25(32(42)39-15-9-26(10-16-39)37(2)3)20-30(41)38-13-11-27(12-14-38)40-21-24-7-5-6-8-29(24)36-33(40)43/h5-8,17,19,25-27H,4,9-16,18,20-21,35H2,1-3H3,(H,36,43)/t25-/m0/s1. The van der Waals surface area contributed by atoms with Crippen molar-refractivity contribution in [2.75, 3.05) is 51.3 Å². The number of hydrogen-bond acceptors (Lipinski definition) is 5. The Morgan fingerprint density at radius 2 is 1.72 bits per heavy atom. The summed E-state index contributed by atoms with van der Waals surface area (Å²) in [5.41, 5.74) is 10.6. The number of anilines is 2. The van der Waals surface area contributed by atoms with Crippen LogP contribution in [0.4, 0.5) is 16.2 Å². The molecule has 43 heavy (non-hydrogen) atoms. The molecule has 4 amide bonds. The predicted octanol–water partition coefficient (Wildman–Crippen LogP) is 4.62. The van der Waals surface area contributed by atoms with E-state index >= 15 is 0 Å². The van der Waals surface area contributed by atoms with Gasteiger partial charge in [-0.25, -0.2) is 4.79 Å². The van der Waals surface area contributed by atoms with E-state index < -0.39 is 5.92 Å². The Labute approximate surface area is 260 Å². The molecule has 1 atom stereocenters. The number of hydrogen-bond donors (Lipinski definition) is 2. The van der Waals surface area contributed by atoms with Gasteiger partial charge in [-0.1, -0.05) is 42.8 Å². The number of piperidine rings is 2. The van der Waals surface area contributed by atoms with Crippen LogP contribution in [0.2, 0.25) is 5.02 Å². The molecule has 3 aliphatic heterocycles. The summed E-state index contributed by atoms with van der Waals surface area (Å²) >= 11 is 6.47. The molecule has 232 valence electrons. The number of amides is 4. The van der Waals surface area contributed by atoms with Crippen LogP contribution in [0.25, 0.3) is 0 Å². The van der Waals surface area contributed by atoms with Crippen molar-refractivity contribution in [1.29, 1.82) is 0 Å². The summed E-state index contributed by atoms with van der Waals surface area (Å²) in [6.07, 6.45) is 4.61. The lowest BCUT2D eigenvalue weighted by atomic mass is 9.91. The lowest BCUT2D eigenvalue weighted by Gasteiger charge is -2.41. The molecule has 3 heterocycles. The maximum atomic E-state index is 13.9. The van der Waals surface area contributed by atoms with E-state index in [9.17, 15) is 14.4 Å². The van der Waals surface area contributed by atoms with Gasteiger partial charge in [0.2, 0.25) is 11.8 Å². The Hall–Kier alpha value is -3.30. The number of carbonyl (C=O) groups excluding carboxylic acids is 3. The first-order valence-electron chi connectivity index (χ1n) is 15.6. The maximum Gasteiger partial charge on any atom is 0.322 e. The van der Waals surface area contributed by atoms with Crippen molar-refractivity contribution in [2.45, 2.75) is 70.5 Å². The summed E-state index contributed by atoms with van der Waals surface area (Å²) in [5, 5.41) is 3.49. The van der Waals surface area contributed by atoms with E-state index in [0.717, 1.165) is 41.6 Å². The van der Waals surface area contributed by atoms with Gasteiger partial charge in [-0.3, -0.25) is 9.59 Å². The average molecular weight is 609 g/mol. The van der Waals surface area contributed by atoms with Gasteiger partial charge in [0.1, 0.15) is 0 Å². The molecule has 3 N–H and O–H groups in total. The summed E-state index contributed by atoms with van der Waals surface area (Å²) < 4.78 is 0. The molecule has 0 aromatic heterocycles. The highest BCUT2D eigenvalue weighted by Crippen LogP contribution is 2.30. The van der Waals surface area contributed by atoms with Crippen LogP contribution < -0.4 is 11.1 Å². The highest BCUT2D eigenvalue weighted by Gasteiger charge is 2.35. The highest BCUT2D eigenvalue weighted by molar-refractivity contribution is 6.33. The van der Waals surface area contributed by atoms with Gasteiger partial charge in [0.15, 0.2) is 0 Å². The third-order valence-electron chi connectivity index (χ3n) is 9.53. The lowest BCUT2D eigenvalue weighted by Crippen LogP contribution is -2.51. The Morgan fingerprint density at radius 1 is 1.05 bits per heavy atom. The number of halogens is 1. The monoisotopic (exact) mass is 608 g/mol. The van der Waals surface area contributed by atoms with Crippen LogP contribution in [-0.2, 0) is 29.0 Å². The molecular formula is C33H45ClN6O3. The second-order valence-electron chi connectivity index (χ2n) is 12.5. The molecule has 0 saturated carbocycles. The highest BCUT2D eigenvalue weighted by atomic mass is 35.5. The molecule has 0 spiro atoms. The van der Waals surface area contributed by atoms with Gasteiger partial charge in [0.05, 0.1) is 16.6 Å². The van der Waals surface area contributed by atoms with Crippen molar-refractivity contribution in [2.24, 2.45) is 5.92 Å². The first-order valence-corrected chi connectivity index (χ1v) is 16.0. The largest absolute Gasteiger partial charge is 0.397 e. The lowest BCUT2D eigenvalue weighted by molar-refractivity contribution is -0.143. The molecule has 2 fully saturated rings. The van der Waals surface area contributed by atoms with Gasteiger partial charge in [-0.2, -0.15) is 0 Å². The minimum absolute atomic E-state index is 0.00863. The van der Waals surface area contributed by atoms with Crippen molar-refractivity contribution >= 4 is 40.8 Å². The molecular weight excluding hydrogens is 564 g/mol. The van der Waals surface area contributed by atoms with E-state index in [4.69, 9.17) is 17.3 Å². The first kappa shape index (κ1) is 31.1. The summed E-state index contributed by atoms with van der Waals surface area (Å²) in [6, 6.07) is 12.2. The SMILES string of the molecule is CCc1cc(C[C@@H](CC(=O)N2CCC(N3Cc4ccccc4NC3=O)CC2)C(=O)N2CCC(N(C)C)CC2)cc(Cl)c1N. The van der Waals surface area contributed by atoms with Crippen molar-refractivity contribution in [1.82, 2.24) is 19.6 Å². The Kier molecular flexibility index (Phi) is 9.82. The number of aryl methyl sites for hydroxylation is 1. The van der Waals surface area contributed by atoms with Crippen LogP contribution in [0.5, 0.6) is 0 Å². The molecule has 0 radical (unpaired) electrons.